The minimum absolute atomic E-state index is 0.0208. The van der Waals surface area contributed by atoms with Crippen molar-refractivity contribution in [3.8, 4) is 23.0 Å². The van der Waals surface area contributed by atoms with Crippen molar-refractivity contribution in [1.82, 2.24) is 0 Å². The van der Waals surface area contributed by atoms with Crippen molar-refractivity contribution in [2.75, 3.05) is 41.6 Å². The van der Waals surface area contributed by atoms with Gasteiger partial charge in [0.2, 0.25) is 0 Å². The summed E-state index contributed by atoms with van der Waals surface area (Å²) < 4.78 is 24.0. The van der Waals surface area contributed by atoms with E-state index in [1.165, 1.54) is 5.56 Å². The van der Waals surface area contributed by atoms with Gasteiger partial charge >= 0.3 is 0 Å². The molecule has 9 rings (SSSR count). The van der Waals surface area contributed by atoms with Crippen LogP contribution >= 0.6 is 0 Å². The number of ether oxygens (including phenoxy) is 4. The average Bonchev–Trinajstić information content (AvgIpc) is 3.67. The molecule has 2 atom stereocenters. The highest BCUT2D eigenvalue weighted by molar-refractivity contribution is 6.15. The number of fused-ring (bicyclic) bond motifs is 8. The number of carbonyl (C=O) groups is 2. The summed E-state index contributed by atoms with van der Waals surface area (Å²) in [5.41, 5.74) is 14.9. The van der Waals surface area contributed by atoms with Gasteiger partial charge in [0.25, 0.3) is 11.8 Å². The fourth-order valence-electron chi connectivity index (χ4n) is 7.88. The van der Waals surface area contributed by atoms with Gasteiger partial charge in [0.1, 0.15) is 13.2 Å². The van der Waals surface area contributed by atoms with Crippen LogP contribution in [0.1, 0.15) is 43.0 Å². The maximum Gasteiger partial charge on any atom is 0.261 e. The molecule has 1 unspecified atom stereocenters. The standard InChI is InChI=1S/C42H37N5O6/c1-50-37-16-31-33(44-20-29-14-26-7-3-5-9-35(26)46(29)41(31)48)18-39(37)52-22-24-11-25(13-28(43)12-24)23-53-40-19-34-32(17-38(40)51-2)42(49)47-30(21-45-34)15-27-8-4-6-10-36(27)47/h3-13,16-20,29-30,45H,14-15,21-23,43H2,1-2H3/t29-,30?/m0/s1. The summed E-state index contributed by atoms with van der Waals surface area (Å²) in [5.74, 6) is 1.65. The van der Waals surface area contributed by atoms with Crippen LogP contribution in [0.5, 0.6) is 23.0 Å². The van der Waals surface area contributed by atoms with Crippen LogP contribution in [0.3, 0.4) is 0 Å². The molecule has 0 saturated heterocycles. The van der Waals surface area contributed by atoms with E-state index in [1.54, 1.807) is 37.3 Å². The van der Waals surface area contributed by atoms with E-state index in [-0.39, 0.29) is 37.1 Å². The summed E-state index contributed by atoms with van der Waals surface area (Å²) in [6.07, 6.45) is 3.34. The molecule has 0 spiro atoms. The molecule has 2 amide bonds. The lowest BCUT2D eigenvalue weighted by atomic mass is 10.1. The molecule has 4 heterocycles. The minimum atomic E-state index is -0.156. The smallest absolute Gasteiger partial charge is 0.261 e. The molecular formula is C42H37N5O6. The van der Waals surface area contributed by atoms with Crippen molar-refractivity contribution < 1.29 is 28.5 Å². The highest BCUT2D eigenvalue weighted by Gasteiger charge is 2.38. The molecule has 0 saturated carbocycles. The van der Waals surface area contributed by atoms with E-state index < -0.39 is 0 Å². The number of rotatable bonds is 8. The largest absolute Gasteiger partial charge is 0.493 e. The first kappa shape index (κ1) is 32.4. The first-order chi connectivity index (χ1) is 25.9. The van der Waals surface area contributed by atoms with Gasteiger partial charge in [0.15, 0.2) is 23.0 Å². The first-order valence-electron chi connectivity index (χ1n) is 17.6. The molecule has 0 fully saturated rings. The molecule has 4 aliphatic rings. The number of amides is 2. The number of carbonyl (C=O) groups excluding carboxylic acids is 2. The summed E-state index contributed by atoms with van der Waals surface area (Å²) in [7, 11) is 3.11. The van der Waals surface area contributed by atoms with Crippen LogP contribution in [0.4, 0.5) is 28.4 Å². The second kappa shape index (κ2) is 12.9. The number of nitrogens with two attached hydrogens (primary N) is 1. The number of nitrogen functional groups attached to an aromatic ring is 1. The highest BCUT2D eigenvalue weighted by atomic mass is 16.5. The third-order valence-electron chi connectivity index (χ3n) is 10.3. The fraction of sp³-hybridized carbons (Fsp3) is 0.214. The van der Waals surface area contributed by atoms with Crippen molar-refractivity contribution in [2.24, 2.45) is 4.99 Å². The Balaban J connectivity index is 0.919. The Kier molecular flexibility index (Phi) is 7.91. The minimum Gasteiger partial charge on any atom is -0.493 e. The average molecular weight is 708 g/mol. The van der Waals surface area contributed by atoms with Crippen LogP contribution in [-0.4, -0.2) is 50.9 Å². The molecule has 11 heteroatoms. The van der Waals surface area contributed by atoms with Gasteiger partial charge in [-0.05, 0) is 71.1 Å². The number of hydrogen-bond donors (Lipinski definition) is 2. The number of nitrogens with zero attached hydrogens (tertiary/aromatic N) is 3. The summed E-state index contributed by atoms with van der Waals surface area (Å²) in [6, 6.07) is 28.5. The van der Waals surface area contributed by atoms with Gasteiger partial charge in [-0.1, -0.05) is 36.4 Å². The van der Waals surface area contributed by atoms with E-state index in [2.05, 4.69) is 11.4 Å². The molecule has 11 nitrogen and oxygen atoms in total. The van der Waals surface area contributed by atoms with Crippen LogP contribution in [0, 0.1) is 0 Å². The van der Waals surface area contributed by atoms with Crippen molar-refractivity contribution in [3.05, 3.63) is 124 Å². The number of nitrogens with one attached hydrogen (secondary N) is 1. The third kappa shape index (κ3) is 5.65. The van der Waals surface area contributed by atoms with Gasteiger partial charge in [-0.15, -0.1) is 0 Å². The predicted octanol–water partition coefficient (Wildman–Crippen LogP) is 6.73. The Morgan fingerprint density at radius 2 is 1.32 bits per heavy atom. The topological polar surface area (TPSA) is 128 Å². The van der Waals surface area contributed by atoms with Gasteiger partial charge in [-0.2, -0.15) is 0 Å². The quantitative estimate of drug-likeness (QED) is 0.170. The van der Waals surface area contributed by atoms with E-state index in [0.29, 0.717) is 64.2 Å². The fourth-order valence-corrected chi connectivity index (χ4v) is 7.88. The number of hydrogen-bond acceptors (Lipinski definition) is 9. The number of methoxy groups -OCH3 is 2. The Labute approximate surface area is 306 Å². The van der Waals surface area contributed by atoms with E-state index in [4.69, 9.17) is 29.7 Å². The van der Waals surface area contributed by atoms with Crippen molar-refractivity contribution in [2.45, 2.75) is 38.1 Å². The zero-order valence-electron chi connectivity index (χ0n) is 29.3. The van der Waals surface area contributed by atoms with Crippen LogP contribution in [0.2, 0.25) is 0 Å². The summed E-state index contributed by atoms with van der Waals surface area (Å²) in [6.45, 7) is 0.994. The maximum absolute atomic E-state index is 13.8. The second-order valence-electron chi connectivity index (χ2n) is 13.6. The molecule has 3 N–H and O–H groups in total. The van der Waals surface area contributed by atoms with Crippen LogP contribution in [0.15, 0.2) is 96.0 Å². The second-order valence-corrected chi connectivity index (χ2v) is 13.6. The number of para-hydroxylation sites is 2. The van der Waals surface area contributed by atoms with Crippen LogP contribution in [-0.2, 0) is 26.1 Å². The van der Waals surface area contributed by atoms with Gasteiger partial charge in [-0.3, -0.25) is 19.5 Å². The molecule has 0 aliphatic carbocycles. The Morgan fingerprint density at radius 3 is 2.02 bits per heavy atom. The van der Waals surface area contributed by atoms with Crippen molar-refractivity contribution in [1.29, 1.82) is 0 Å². The summed E-state index contributed by atoms with van der Waals surface area (Å²) in [4.78, 5) is 36.0. The Hall–Kier alpha value is -6.49. The highest BCUT2D eigenvalue weighted by Crippen LogP contribution is 2.43. The maximum atomic E-state index is 13.8. The summed E-state index contributed by atoms with van der Waals surface area (Å²) in [5, 5.41) is 3.48. The lowest BCUT2D eigenvalue weighted by Crippen LogP contribution is -2.39. The molecular weight excluding hydrogens is 670 g/mol. The van der Waals surface area contributed by atoms with E-state index in [1.807, 2.05) is 77.8 Å². The zero-order valence-corrected chi connectivity index (χ0v) is 29.3. The molecule has 5 aromatic rings. The van der Waals surface area contributed by atoms with Gasteiger partial charge < -0.3 is 34.9 Å². The molecule has 266 valence electrons. The summed E-state index contributed by atoms with van der Waals surface area (Å²) >= 11 is 0. The van der Waals surface area contributed by atoms with Crippen LogP contribution < -0.4 is 39.8 Å². The number of aliphatic imine (C=N–C) groups is 1. The van der Waals surface area contributed by atoms with Crippen molar-refractivity contribution in [3.63, 3.8) is 0 Å². The SMILES string of the molecule is COc1cc2c(cc1OCc1cc(N)cc(COc3cc4c(cc3OC)C(=O)N3c5ccccc5CC3CN4)c1)N=C[C@@H]1Cc3ccccc3N1C2=O. The third-order valence-corrected chi connectivity index (χ3v) is 10.3. The molecule has 4 aliphatic heterocycles. The Bertz CT molecular complexity index is 2340. The van der Waals surface area contributed by atoms with E-state index in [0.717, 1.165) is 34.5 Å². The van der Waals surface area contributed by atoms with Crippen LogP contribution in [0.25, 0.3) is 0 Å². The monoisotopic (exact) mass is 707 g/mol. The van der Waals surface area contributed by atoms with E-state index >= 15 is 0 Å². The number of anilines is 4. The van der Waals surface area contributed by atoms with E-state index in [9.17, 15) is 9.59 Å². The molecule has 0 radical (unpaired) electrons. The molecule has 5 aromatic carbocycles. The molecule has 0 bridgehead atoms. The van der Waals surface area contributed by atoms with Gasteiger partial charge in [-0.25, -0.2) is 0 Å². The van der Waals surface area contributed by atoms with Gasteiger partial charge in [0.05, 0.1) is 48.8 Å². The molecule has 0 aromatic heterocycles. The predicted molar refractivity (Wildman–Crippen MR) is 204 cm³/mol. The van der Waals surface area contributed by atoms with Crippen molar-refractivity contribution >= 4 is 46.5 Å². The zero-order chi connectivity index (χ0) is 36.2. The molecule has 53 heavy (non-hydrogen) atoms. The normalized spacial score (nSPS) is 17.7. The number of benzene rings is 5. The first-order valence-corrected chi connectivity index (χ1v) is 17.6. The lowest BCUT2D eigenvalue weighted by molar-refractivity contribution is 0.0976. The lowest BCUT2D eigenvalue weighted by Gasteiger charge is -2.22. The van der Waals surface area contributed by atoms with Gasteiger partial charge in [0, 0.05) is 48.4 Å². The Morgan fingerprint density at radius 1 is 0.717 bits per heavy atom.